The molecule has 26 heavy (non-hydrogen) atoms. The van der Waals surface area contributed by atoms with Crippen molar-refractivity contribution in [2.24, 2.45) is 0 Å². The summed E-state index contributed by atoms with van der Waals surface area (Å²) in [5.41, 5.74) is 3.46. The predicted octanol–water partition coefficient (Wildman–Crippen LogP) is 3.35. The summed E-state index contributed by atoms with van der Waals surface area (Å²) >= 11 is 12.2. The molecule has 3 heterocycles. The number of carbonyl (C=O) groups excluding carboxylic acids is 1. The molecule has 4 rings (SSSR count). The minimum atomic E-state index is -0.403. The van der Waals surface area contributed by atoms with E-state index in [0.717, 1.165) is 30.9 Å². The molecular formula is C17H16Cl2N6O. The molecule has 0 aliphatic carbocycles. The summed E-state index contributed by atoms with van der Waals surface area (Å²) in [6.07, 6.45) is 2.42. The first-order valence-electron chi connectivity index (χ1n) is 8.08. The van der Waals surface area contributed by atoms with Gasteiger partial charge in [0.05, 0.1) is 38.9 Å². The van der Waals surface area contributed by atoms with Gasteiger partial charge in [-0.15, -0.1) is 0 Å². The fraction of sp³-hybridized carbons (Fsp3) is 0.235. The second kappa shape index (κ2) is 6.75. The quantitative estimate of drug-likeness (QED) is 0.639. The molecule has 2 aromatic heterocycles. The van der Waals surface area contributed by atoms with Crippen molar-refractivity contribution in [1.29, 1.82) is 0 Å². The lowest BCUT2D eigenvalue weighted by molar-refractivity contribution is 0.102. The maximum absolute atomic E-state index is 12.6. The monoisotopic (exact) mass is 390 g/mol. The highest BCUT2D eigenvalue weighted by molar-refractivity contribution is 6.40. The molecule has 1 aliphatic heterocycles. The standard InChI is InChI=1S/C17H16Cl2N6O/c1-25-6-5-11-13(8-25)22-16(21-11)15-12(7-20-24-15)23-17(26)14-9(18)3-2-4-10(14)19/h2-4,7H,5-6,8H2,1H3,(H,20,24)(H,21,22)(H,23,26). The number of imidazole rings is 1. The number of halogens is 2. The van der Waals surface area contributed by atoms with Gasteiger partial charge in [0.1, 0.15) is 5.69 Å². The lowest BCUT2D eigenvalue weighted by Crippen LogP contribution is -2.26. The van der Waals surface area contributed by atoms with Crippen molar-refractivity contribution in [3.63, 3.8) is 0 Å². The first-order chi connectivity index (χ1) is 12.5. The van der Waals surface area contributed by atoms with Crippen molar-refractivity contribution in [3.8, 4) is 11.5 Å². The third-order valence-electron chi connectivity index (χ3n) is 4.34. The van der Waals surface area contributed by atoms with Gasteiger partial charge < -0.3 is 15.2 Å². The van der Waals surface area contributed by atoms with Crippen LogP contribution in [0.1, 0.15) is 21.7 Å². The minimum absolute atomic E-state index is 0.225. The van der Waals surface area contributed by atoms with Gasteiger partial charge in [-0.3, -0.25) is 9.89 Å². The molecule has 0 saturated carbocycles. The van der Waals surface area contributed by atoms with Crippen LogP contribution in [0.25, 0.3) is 11.5 Å². The third-order valence-corrected chi connectivity index (χ3v) is 4.97. The summed E-state index contributed by atoms with van der Waals surface area (Å²) in [7, 11) is 2.07. The lowest BCUT2D eigenvalue weighted by Gasteiger charge is -2.20. The van der Waals surface area contributed by atoms with Crippen molar-refractivity contribution in [3.05, 3.63) is 51.4 Å². The number of aromatic amines is 2. The van der Waals surface area contributed by atoms with Crippen LogP contribution in [0.5, 0.6) is 0 Å². The van der Waals surface area contributed by atoms with Crippen LogP contribution < -0.4 is 5.32 Å². The SMILES string of the molecule is CN1CCc2nc(-c3[nH]ncc3NC(=O)c3c(Cl)cccc3Cl)[nH]c2C1. The van der Waals surface area contributed by atoms with Crippen LogP contribution >= 0.6 is 23.2 Å². The van der Waals surface area contributed by atoms with Crippen LogP contribution in [-0.2, 0) is 13.0 Å². The van der Waals surface area contributed by atoms with Gasteiger partial charge in [-0.1, -0.05) is 29.3 Å². The molecule has 1 aromatic carbocycles. The van der Waals surface area contributed by atoms with Crippen molar-refractivity contribution in [2.75, 3.05) is 18.9 Å². The molecule has 3 aromatic rings. The van der Waals surface area contributed by atoms with E-state index in [1.807, 2.05) is 0 Å². The maximum atomic E-state index is 12.6. The molecule has 9 heteroatoms. The Labute approximate surface area is 159 Å². The van der Waals surface area contributed by atoms with Crippen LogP contribution in [-0.4, -0.2) is 44.6 Å². The molecule has 3 N–H and O–H groups in total. The van der Waals surface area contributed by atoms with Gasteiger partial charge in [0.25, 0.3) is 5.91 Å². The molecule has 0 bridgehead atoms. The molecular weight excluding hydrogens is 375 g/mol. The van der Waals surface area contributed by atoms with E-state index in [1.54, 1.807) is 18.2 Å². The number of hydrogen-bond donors (Lipinski definition) is 3. The highest BCUT2D eigenvalue weighted by Crippen LogP contribution is 2.29. The Balaban J connectivity index is 1.63. The van der Waals surface area contributed by atoms with E-state index < -0.39 is 5.91 Å². The van der Waals surface area contributed by atoms with E-state index in [2.05, 4.69) is 37.4 Å². The van der Waals surface area contributed by atoms with Gasteiger partial charge in [-0.25, -0.2) is 4.98 Å². The summed E-state index contributed by atoms with van der Waals surface area (Å²) in [6.45, 7) is 1.78. The Morgan fingerprint density at radius 1 is 1.31 bits per heavy atom. The number of carbonyl (C=O) groups is 1. The predicted molar refractivity (Wildman–Crippen MR) is 101 cm³/mol. The Morgan fingerprint density at radius 3 is 2.85 bits per heavy atom. The van der Waals surface area contributed by atoms with E-state index in [4.69, 9.17) is 23.2 Å². The number of aromatic nitrogens is 4. The summed E-state index contributed by atoms with van der Waals surface area (Å²) in [5, 5.41) is 10.3. The smallest absolute Gasteiger partial charge is 0.258 e. The minimum Gasteiger partial charge on any atom is -0.339 e. The average molecular weight is 391 g/mol. The Kier molecular flexibility index (Phi) is 4.44. The van der Waals surface area contributed by atoms with E-state index in [0.29, 0.717) is 17.2 Å². The van der Waals surface area contributed by atoms with Gasteiger partial charge in [0, 0.05) is 19.5 Å². The fourth-order valence-corrected chi connectivity index (χ4v) is 3.58. The van der Waals surface area contributed by atoms with Gasteiger partial charge in [-0.2, -0.15) is 5.10 Å². The van der Waals surface area contributed by atoms with Crippen LogP contribution in [0.15, 0.2) is 24.4 Å². The molecule has 0 radical (unpaired) electrons. The van der Waals surface area contributed by atoms with E-state index >= 15 is 0 Å². The van der Waals surface area contributed by atoms with Crippen molar-refractivity contribution in [2.45, 2.75) is 13.0 Å². The molecule has 1 amide bonds. The zero-order valence-corrected chi connectivity index (χ0v) is 15.4. The summed E-state index contributed by atoms with van der Waals surface area (Å²) < 4.78 is 0. The molecule has 0 atom stereocenters. The molecule has 7 nitrogen and oxygen atoms in total. The molecule has 0 unspecified atom stereocenters. The second-order valence-electron chi connectivity index (χ2n) is 6.21. The second-order valence-corrected chi connectivity index (χ2v) is 7.02. The number of benzene rings is 1. The van der Waals surface area contributed by atoms with Gasteiger partial charge in [-0.05, 0) is 19.2 Å². The largest absolute Gasteiger partial charge is 0.339 e. The third kappa shape index (κ3) is 3.09. The molecule has 0 spiro atoms. The molecule has 134 valence electrons. The first-order valence-corrected chi connectivity index (χ1v) is 8.84. The van der Waals surface area contributed by atoms with Crippen molar-refractivity contribution >= 4 is 34.8 Å². The summed E-state index contributed by atoms with van der Waals surface area (Å²) in [6, 6.07) is 4.93. The molecule has 0 saturated heterocycles. The Bertz CT molecular complexity index is 959. The zero-order valence-electron chi connectivity index (χ0n) is 13.9. The maximum Gasteiger partial charge on any atom is 0.258 e. The van der Waals surface area contributed by atoms with Crippen LogP contribution in [0.2, 0.25) is 10.0 Å². The fourth-order valence-electron chi connectivity index (χ4n) is 3.01. The Morgan fingerprint density at radius 2 is 2.08 bits per heavy atom. The van der Waals surface area contributed by atoms with Crippen molar-refractivity contribution in [1.82, 2.24) is 25.1 Å². The number of nitrogens with one attached hydrogen (secondary N) is 3. The van der Waals surface area contributed by atoms with Crippen LogP contribution in [0.4, 0.5) is 5.69 Å². The van der Waals surface area contributed by atoms with Crippen LogP contribution in [0, 0.1) is 0 Å². The number of amides is 1. The van der Waals surface area contributed by atoms with Crippen LogP contribution in [0.3, 0.4) is 0 Å². The van der Waals surface area contributed by atoms with Gasteiger partial charge >= 0.3 is 0 Å². The number of H-pyrrole nitrogens is 2. The van der Waals surface area contributed by atoms with Crippen molar-refractivity contribution < 1.29 is 4.79 Å². The number of anilines is 1. The number of likely N-dealkylation sites (N-methyl/N-ethyl adjacent to an activating group) is 1. The summed E-state index contributed by atoms with van der Waals surface area (Å²) in [4.78, 5) is 22.8. The number of hydrogen-bond acceptors (Lipinski definition) is 4. The average Bonchev–Trinajstić information content (AvgIpc) is 3.20. The number of rotatable bonds is 3. The topological polar surface area (TPSA) is 89.7 Å². The Hall–Kier alpha value is -2.35. The number of nitrogens with zero attached hydrogens (tertiary/aromatic N) is 3. The summed E-state index contributed by atoms with van der Waals surface area (Å²) in [5.74, 6) is 0.239. The lowest BCUT2D eigenvalue weighted by atomic mass is 10.2. The normalized spacial score (nSPS) is 14.3. The molecule has 1 aliphatic rings. The van der Waals surface area contributed by atoms with Gasteiger partial charge in [0.15, 0.2) is 5.82 Å². The first kappa shape index (κ1) is 17.1. The van der Waals surface area contributed by atoms with Gasteiger partial charge in [0.2, 0.25) is 0 Å². The van der Waals surface area contributed by atoms with E-state index in [1.165, 1.54) is 6.20 Å². The highest BCUT2D eigenvalue weighted by atomic mass is 35.5. The van der Waals surface area contributed by atoms with E-state index in [9.17, 15) is 4.79 Å². The zero-order chi connectivity index (χ0) is 18.3. The molecule has 0 fully saturated rings. The highest BCUT2D eigenvalue weighted by Gasteiger charge is 2.22. The van der Waals surface area contributed by atoms with E-state index in [-0.39, 0.29) is 15.6 Å². The number of fused-ring (bicyclic) bond motifs is 1.